The molecule has 1 atom stereocenters. The Hall–Kier alpha value is -1.76. The second-order valence-corrected chi connectivity index (χ2v) is 3.92. The number of aliphatic hydroxyl groups is 1. The molecule has 19 heavy (non-hydrogen) atoms. The van der Waals surface area contributed by atoms with Gasteiger partial charge in [0.05, 0.1) is 6.54 Å². The highest BCUT2D eigenvalue weighted by Gasteiger charge is 2.29. The maximum absolute atomic E-state index is 13.2. The van der Waals surface area contributed by atoms with Gasteiger partial charge in [-0.3, -0.25) is 4.79 Å². The van der Waals surface area contributed by atoms with Gasteiger partial charge in [0, 0.05) is 0 Å². The van der Waals surface area contributed by atoms with Crippen LogP contribution < -0.4 is 10.1 Å². The predicted molar refractivity (Wildman–Crippen MR) is 61.5 cm³/mol. The fraction of sp³-hybridized carbons (Fsp3) is 0.417. The van der Waals surface area contributed by atoms with Gasteiger partial charge in [-0.05, 0) is 19.1 Å². The van der Waals surface area contributed by atoms with Gasteiger partial charge in [0.25, 0.3) is 11.8 Å². The fourth-order valence-corrected chi connectivity index (χ4v) is 1.20. The minimum atomic E-state index is -3.40. The Morgan fingerprint density at radius 1 is 1.47 bits per heavy atom. The maximum atomic E-state index is 13.2. The second-order valence-electron chi connectivity index (χ2n) is 3.92. The van der Waals surface area contributed by atoms with E-state index in [1.54, 1.807) is 0 Å². The molecule has 4 nitrogen and oxygen atoms in total. The van der Waals surface area contributed by atoms with Crippen molar-refractivity contribution in [3.05, 3.63) is 30.1 Å². The van der Waals surface area contributed by atoms with Gasteiger partial charge >= 0.3 is 0 Å². The van der Waals surface area contributed by atoms with Crippen LogP contribution in [0.2, 0.25) is 0 Å². The molecule has 7 heteroatoms. The van der Waals surface area contributed by atoms with Crippen molar-refractivity contribution in [3.8, 4) is 5.75 Å². The van der Waals surface area contributed by atoms with Crippen LogP contribution in [-0.2, 0) is 4.79 Å². The number of carbonyl (C=O) groups excluding carboxylic acids is 1. The zero-order valence-corrected chi connectivity index (χ0v) is 10.2. The predicted octanol–water partition coefficient (Wildman–Crippen LogP) is 1.34. The Labute approximate surface area is 108 Å². The number of halogens is 3. The van der Waals surface area contributed by atoms with E-state index < -0.39 is 36.9 Å². The molecule has 1 amide bonds. The Morgan fingerprint density at radius 3 is 2.68 bits per heavy atom. The van der Waals surface area contributed by atoms with Crippen LogP contribution in [0, 0.1) is 5.82 Å². The first-order valence-electron chi connectivity index (χ1n) is 5.53. The molecule has 0 saturated carbocycles. The van der Waals surface area contributed by atoms with E-state index in [9.17, 15) is 18.0 Å². The number of ether oxygens (including phenoxy) is 1. The quantitative estimate of drug-likeness (QED) is 0.825. The highest BCUT2D eigenvalue weighted by atomic mass is 19.3. The van der Waals surface area contributed by atoms with Crippen molar-refractivity contribution in [3.63, 3.8) is 0 Å². The standard InChI is InChI=1S/C12H14F3NO3/c1-8(11(18)16-6-12(14,15)7-17)19-10-5-3-2-4-9(10)13/h2-5,8,17H,6-7H2,1H3,(H,16,18). The molecular formula is C12H14F3NO3. The SMILES string of the molecule is CC(Oc1ccccc1F)C(=O)NCC(F)(F)CO. The van der Waals surface area contributed by atoms with Crippen LogP contribution >= 0.6 is 0 Å². The van der Waals surface area contributed by atoms with Crippen molar-refractivity contribution in [1.29, 1.82) is 0 Å². The number of hydrogen-bond acceptors (Lipinski definition) is 3. The van der Waals surface area contributed by atoms with Gasteiger partial charge in [-0.1, -0.05) is 12.1 Å². The summed E-state index contributed by atoms with van der Waals surface area (Å²) in [5, 5.41) is 10.3. The number of alkyl halides is 2. The van der Waals surface area contributed by atoms with Crippen molar-refractivity contribution < 1.29 is 27.8 Å². The van der Waals surface area contributed by atoms with E-state index in [2.05, 4.69) is 0 Å². The highest BCUT2D eigenvalue weighted by molar-refractivity contribution is 5.80. The number of para-hydroxylation sites is 1. The van der Waals surface area contributed by atoms with Crippen LogP contribution in [0.25, 0.3) is 0 Å². The Bertz CT molecular complexity index is 440. The molecule has 2 N–H and O–H groups in total. The number of amides is 1. The van der Waals surface area contributed by atoms with Crippen molar-refractivity contribution in [2.45, 2.75) is 19.0 Å². The van der Waals surface area contributed by atoms with Gasteiger partial charge < -0.3 is 15.2 Å². The Morgan fingerprint density at radius 2 is 2.11 bits per heavy atom. The topological polar surface area (TPSA) is 58.6 Å². The van der Waals surface area contributed by atoms with E-state index in [0.29, 0.717) is 0 Å². The molecule has 0 spiro atoms. The third-order valence-corrected chi connectivity index (χ3v) is 2.26. The summed E-state index contributed by atoms with van der Waals surface area (Å²) >= 11 is 0. The second kappa shape index (κ2) is 6.42. The molecule has 1 unspecified atom stereocenters. The molecule has 1 rings (SSSR count). The number of hydrogen-bond donors (Lipinski definition) is 2. The van der Waals surface area contributed by atoms with Crippen LogP contribution in [0.4, 0.5) is 13.2 Å². The molecule has 0 aromatic heterocycles. The van der Waals surface area contributed by atoms with Crippen molar-refractivity contribution >= 4 is 5.91 Å². The summed E-state index contributed by atoms with van der Waals surface area (Å²) in [6, 6.07) is 5.44. The third-order valence-electron chi connectivity index (χ3n) is 2.26. The summed E-state index contributed by atoms with van der Waals surface area (Å²) in [4.78, 5) is 11.4. The number of nitrogens with one attached hydrogen (secondary N) is 1. The number of aliphatic hydroxyl groups excluding tert-OH is 1. The molecule has 0 heterocycles. The van der Waals surface area contributed by atoms with Crippen LogP contribution in [-0.4, -0.2) is 36.2 Å². The van der Waals surface area contributed by atoms with Crippen molar-refractivity contribution in [2.75, 3.05) is 13.2 Å². The Kier molecular flexibility index (Phi) is 5.17. The van der Waals surface area contributed by atoms with Gasteiger partial charge in [-0.15, -0.1) is 0 Å². The van der Waals surface area contributed by atoms with Gasteiger partial charge in [0.1, 0.15) is 6.61 Å². The first-order chi connectivity index (χ1) is 8.85. The largest absolute Gasteiger partial charge is 0.478 e. The molecule has 0 aliphatic carbocycles. The Balaban J connectivity index is 2.52. The highest BCUT2D eigenvalue weighted by Crippen LogP contribution is 2.17. The summed E-state index contributed by atoms with van der Waals surface area (Å²) in [5.74, 6) is -5.01. The van der Waals surface area contributed by atoms with E-state index in [1.807, 2.05) is 5.32 Å². The van der Waals surface area contributed by atoms with E-state index in [1.165, 1.54) is 25.1 Å². The van der Waals surface area contributed by atoms with Gasteiger partial charge in [-0.2, -0.15) is 0 Å². The average molecular weight is 277 g/mol. The van der Waals surface area contributed by atoms with Crippen LogP contribution in [0.1, 0.15) is 6.92 Å². The van der Waals surface area contributed by atoms with Gasteiger partial charge in [0.2, 0.25) is 0 Å². The monoisotopic (exact) mass is 277 g/mol. The van der Waals surface area contributed by atoms with E-state index in [-0.39, 0.29) is 5.75 Å². The molecular weight excluding hydrogens is 263 g/mol. The molecule has 0 bridgehead atoms. The molecule has 1 aromatic carbocycles. The van der Waals surface area contributed by atoms with Gasteiger partial charge in [0.15, 0.2) is 17.7 Å². The molecule has 106 valence electrons. The lowest BCUT2D eigenvalue weighted by atomic mass is 10.3. The fourth-order valence-electron chi connectivity index (χ4n) is 1.20. The van der Waals surface area contributed by atoms with E-state index >= 15 is 0 Å². The number of rotatable bonds is 6. The normalized spacial score (nSPS) is 12.9. The van der Waals surface area contributed by atoms with Crippen molar-refractivity contribution in [2.24, 2.45) is 0 Å². The lowest BCUT2D eigenvalue weighted by Crippen LogP contribution is -2.44. The molecule has 1 aromatic rings. The summed E-state index contributed by atoms with van der Waals surface area (Å²) in [5.41, 5.74) is 0. The summed E-state index contributed by atoms with van der Waals surface area (Å²) < 4.78 is 43.6. The third kappa shape index (κ3) is 4.78. The van der Waals surface area contributed by atoms with E-state index in [0.717, 1.165) is 6.07 Å². The molecule has 0 radical (unpaired) electrons. The summed E-state index contributed by atoms with van der Waals surface area (Å²) in [7, 11) is 0. The number of carbonyl (C=O) groups is 1. The molecule has 0 saturated heterocycles. The number of benzene rings is 1. The molecule has 0 aliphatic heterocycles. The molecule has 0 fully saturated rings. The van der Waals surface area contributed by atoms with Crippen LogP contribution in [0.5, 0.6) is 5.75 Å². The van der Waals surface area contributed by atoms with E-state index in [4.69, 9.17) is 9.84 Å². The van der Waals surface area contributed by atoms with Crippen molar-refractivity contribution in [1.82, 2.24) is 5.32 Å². The average Bonchev–Trinajstić information content (AvgIpc) is 2.38. The minimum absolute atomic E-state index is 0.140. The zero-order valence-electron chi connectivity index (χ0n) is 10.2. The smallest absolute Gasteiger partial charge is 0.287 e. The lowest BCUT2D eigenvalue weighted by Gasteiger charge is -2.18. The van der Waals surface area contributed by atoms with Crippen LogP contribution in [0.3, 0.4) is 0 Å². The first-order valence-corrected chi connectivity index (χ1v) is 5.53. The minimum Gasteiger partial charge on any atom is -0.478 e. The van der Waals surface area contributed by atoms with Crippen LogP contribution in [0.15, 0.2) is 24.3 Å². The van der Waals surface area contributed by atoms with Gasteiger partial charge in [-0.25, -0.2) is 13.2 Å². The lowest BCUT2D eigenvalue weighted by molar-refractivity contribution is -0.130. The summed E-state index contributed by atoms with van der Waals surface area (Å²) in [6.07, 6.45) is -1.13. The molecule has 0 aliphatic rings. The maximum Gasteiger partial charge on any atom is 0.287 e. The summed E-state index contributed by atoms with van der Waals surface area (Å²) in [6.45, 7) is -1.07. The zero-order chi connectivity index (χ0) is 14.5. The first kappa shape index (κ1) is 15.3.